The van der Waals surface area contributed by atoms with Crippen molar-refractivity contribution >= 4 is 21.6 Å². The Labute approximate surface area is 156 Å². The summed E-state index contributed by atoms with van der Waals surface area (Å²) in [6.45, 7) is 1.67. The number of furan rings is 1. The van der Waals surface area contributed by atoms with Crippen LogP contribution < -0.4 is 10.0 Å². The van der Waals surface area contributed by atoms with Crippen LogP contribution in [0.2, 0.25) is 0 Å². The van der Waals surface area contributed by atoms with Crippen LogP contribution >= 0.6 is 0 Å². The van der Waals surface area contributed by atoms with Crippen LogP contribution in [0.25, 0.3) is 0 Å². The highest BCUT2D eigenvalue weighted by Gasteiger charge is 2.20. The first-order valence-corrected chi connectivity index (χ1v) is 9.54. The van der Waals surface area contributed by atoms with Crippen LogP contribution in [0.1, 0.15) is 21.7 Å². The van der Waals surface area contributed by atoms with E-state index in [0.717, 1.165) is 12.1 Å². The molecule has 0 aliphatic carbocycles. The summed E-state index contributed by atoms with van der Waals surface area (Å²) in [6.07, 6.45) is 1.49. The molecule has 0 unspecified atom stereocenters. The molecule has 27 heavy (non-hydrogen) atoms. The number of hydrogen-bond donors (Lipinski definition) is 2. The van der Waals surface area contributed by atoms with E-state index in [2.05, 4.69) is 10.0 Å². The maximum atomic E-state index is 13.3. The standard InChI is InChI=1S/C19H17FN2O4S/c1-13-11-14(20)8-9-18(13)27(24,25)22-17-7-3-2-6-16(17)19(23)21-12-15-5-4-10-26-15/h2-11,22H,12H2,1H3,(H,21,23). The van der Waals surface area contributed by atoms with Gasteiger partial charge in [0.05, 0.1) is 29.0 Å². The Hall–Kier alpha value is -3.13. The summed E-state index contributed by atoms with van der Waals surface area (Å²) in [4.78, 5) is 12.4. The van der Waals surface area contributed by atoms with E-state index >= 15 is 0 Å². The summed E-state index contributed by atoms with van der Waals surface area (Å²) in [5.74, 6) is -0.409. The molecule has 0 aliphatic rings. The molecule has 0 saturated heterocycles. The minimum absolute atomic E-state index is 0.0605. The quantitative estimate of drug-likeness (QED) is 0.677. The lowest BCUT2D eigenvalue weighted by molar-refractivity contribution is 0.0949. The van der Waals surface area contributed by atoms with E-state index in [-0.39, 0.29) is 28.3 Å². The Bertz CT molecular complexity index is 1060. The third-order valence-corrected chi connectivity index (χ3v) is 5.37. The second-order valence-corrected chi connectivity index (χ2v) is 7.47. The van der Waals surface area contributed by atoms with Gasteiger partial charge in [-0.25, -0.2) is 12.8 Å². The zero-order chi connectivity index (χ0) is 19.4. The molecule has 3 aromatic rings. The minimum Gasteiger partial charge on any atom is -0.467 e. The molecule has 8 heteroatoms. The number of nitrogens with one attached hydrogen (secondary N) is 2. The minimum atomic E-state index is -3.99. The molecule has 0 aliphatic heterocycles. The van der Waals surface area contributed by atoms with Gasteiger partial charge >= 0.3 is 0 Å². The summed E-state index contributed by atoms with van der Waals surface area (Å²) in [7, 11) is -3.99. The molecule has 140 valence electrons. The average molecular weight is 388 g/mol. The van der Waals surface area contributed by atoms with E-state index in [1.54, 1.807) is 24.3 Å². The number of carbonyl (C=O) groups excluding carboxylic acids is 1. The van der Waals surface area contributed by atoms with Gasteiger partial charge in [0.1, 0.15) is 11.6 Å². The average Bonchev–Trinajstić information content (AvgIpc) is 3.13. The second-order valence-electron chi connectivity index (χ2n) is 5.82. The molecule has 1 heterocycles. The summed E-state index contributed by atoms with van der Waals surface area (Å²) >= 11 is 0. The first-order valence-electron chi connectivity index (χ1n) is 8.05. The van der Waals surface area contributed by atoms with Gasteiger partial charge in [-0.2, -0.15) is 0 Å². The van der Waals surface area contributed by atoms with E-state index in [0.29, 0.717) is 5.76 Å². The fourth-order valence-electron chi connectivity index (χ4n) is 2.56. The molecule has 0 atom stereocenters. The fraction of sp³-hybridized carbons (Fsp3) is 0.105. The maximum Gasteiger partial charge on any atom is 0.262 e. The Morgan fingerprint density at radius 2 is 1.89 bits per heavy atom. The molecule has 2 N–H and O–H groups in total. The molecule has 2 aromatic carbocycles. The Morgan fingerprint density at radius 1 is 1.11 bits per heavy atom. The van der Waals surface area contributed by atoms with Crippen molar-refractivity contribution in [2.75, 3.05) is 4.72 Å². The van der Waals surface area contributed by atoms with Crippen LogP contribution in [0.3, 0.4) is 0 Å². The van der Waals surface area contributed by atoms with Crippen LogP contribution in [0, 0.1) is 12.7 Å². The first kappa shape index (κ1) is 18.7. The molecule has 1 aromatic heterocycles. The highest BCUT2D eigenvalue weighted by molar-refractivity contribution is 7.92. The van der Waals surface area contributed by atoms with Gasteiger partial charge in [0, 0.05) is 0 Å². The predicted octanol–water partition coefficient (Wildman–Crippen LogP) is 3.46. The first-order chi connectivity index (χ1) is 12.9. The van der Waals surface area contributed by atoms with Crippen molar-refractivity contribution in [3.05, 3.63) is 83.6 Å². The van der Waals surface area contributed by atoms with Gasteiger partial charge in [0.15, 0.2) is 0 Å². The van der Waals surface area contributed by atoms with Crippen molar-refractivity contribution in [2.24, 2.45) is 0 Å². The van der Waals surface area contributed by atoms with E-state index in [9.17, 15) is 17.6 Å². The third-order valence-electron chi connectivity index (χ3n) is 3.85. The van der Waals surface area contributed by atoms with Crippen LogP contribution in [0.4, 0.5) is 10.1 Å². The molecule has 3 rings (SSSR count). The third kappa shape index (κ3) is 4.35. The number of aryl methyl sites for hydroxylation is 1. The molecule has 6 nitrogen and oxygen atoms in total. The Morgan fingerprint density at radius 3 is 2.59 bits per heavy atom. The van der Waals surface area contributed by atoms with Gasteiger partial charge in [-0.3, -0.25) is 9.52 Å². The van der Waals surface area contributed by atoms with E-state index in [1.807, 2.05) is 0 Å². The Kier molecular flexibility index (Phi) is 5.27. The van der Waals surface area contributed by atoms with Crippen molar-refractivity contribution in [3.63, 3.8) is 0 Å². The number of anilines is 1. The van der Waals surface area contributed by atoms with E-state index in [1.165, 1.54) is 31.4 Å². The van der Waals surface area contributed by atoms with Gasteiger partial charge in [0.25, 0.3) is 15.9 Å². The van der Waals surface area contributed by atoms with Crippen molar-refractivity contribution in [2.45, 2.75) is 18.4 Å². The molecule has 1 amide bonds. The number of halogens is 1. The monoisotopic (exact) mass is 388 g/mol. The van der Waals surface area contributed by atoms with Crippen LogP contribution in [0.15, 0.2) is 70.2 Å². The highest BCUT2D eigenvalue weighted by atomic mass is 32.2. The molecule has 0 saturated carbocycles. The zero-order valence-electron chi connectivity index (χ0n) is 14.4. The van der Waals surface area contributed by atoms with Gasteiger partial charge in [-0.15, -0.1) is 0 Å². The number of benzene rings is 2. The van der Waals surface area contributed by atoms with Crippen LogP contribution in [-0.2, 0) is 16.6 Å². The van der Waals surface area contributed by atoms with Crippen LogP contribution in [0.5, 0.6) is 0 Å². The molecule has 0 fully saturated rings. The normalized spacial score (nSPS) is 11.2. The number of para-hydroxylation sites is 1. The van der Waals surface area contributed by atoms with Crippen molar-refractivity contribution in [1.29, 1.82) is 0 Å². The molecular weight excluding hydrogens is 371 g/mol. The lowest BCUT2D eigenvalue weighted by Gasteiger charge is -2.14. The van der Waals surface area contributed by atoms with Crippen molar-refractivity contribution in [1.82, 2.24) is 5.32 Å². The van der Waals surface area contributed by atoms with E-state index in [4.69, 9.17) is 4.42 Å². The lowest BCUT2D eigenvalue weighted by Crippen LogP contribution is -2.25. The largest absolute Gasteiger partial charge is 0.467 e. The zero-order valence-corrected chi connectivity index (χ0v) is 15.2. The molecular formula is C19H17FN2O4S. The van der Waals surface area contributed by atoms with Gasteiger partial charge in [0.2, 0.25) is 0 Å². The smallest absolute Gasteiger partial charge is 0.262 e. The predicted molar refractivity (Wildman–Crippen MR) is 98.3 cm³/mol. The fourth-order valence-corrected chi connectivity index (χ4v) is 3.87. The molecule has 0 bridgehead atoms. The number of sulfonamides is 1. The van der Waals surface area contributed by atoms with Crippen molar-refractivity contribution in [3.8, 4) is 0 Å². The molecule has 0 spiro atoms. The number of carbonyl (C=O) groups is 1. The van der Waals surface area contributed by atoms with Crippen molar-refractivity contribution < 1.29 is 22.0 Å². The molecule has 0 radical (unpaired) electrons. The van der Waals surface area contributed by atoms with Crippen LogP contribution in [-0.4, -0.2) is 14.3 Å². The van der Waals surface area contributed by atoms with Gasteiger partial charge in [-0.05, 0) is 55.0 Å². The maximum absolute atomic E-state index is 13.3. The summed E-state index contributed by atoms with van der Waals surface area (Å²) < 4.78 is 46.2. The Balaban J connectivity index is 1.84. The van der Waals surface area contributed by atoms with E-state index < -0.39 is 21.7 Å². The summed E-state index contributed by atoms with van der Waals surface area (Å²) in [6, 6.07) is 13.0. The topological polar surface area (TPSA) is 88.4 Å². The second kappa shape index (κ2) is 7.63. The summed E-state index contributed by atoms with van der Waals surface area (Å²) in [5.41, 5.74) is 0.549. The van der Waals surface area contributed by atoms with Gasteiger partial charge < -0.3 is 9.73 Å². The SMILES string of the molecule is Cc1cc(F)ccc1S(=O)(=O)Nc1ccccc1C(=O)NCc1ccco1. The highest BCUT2D eigenvalue weighted by Crippen LogP contribution is 2.23. The van der Waals surface area contributed by atoms with Gasteiger partial charge in [-0.1, -0.05) is 12.1 Å². The summed E-state index contributed by atoms with van der Waals surface area (Å²) in [5, 5.41) is 2.67. The number of amides is 1. The number of rotatable bonds is 6. The lowest BCUT2D eigenvalue weighted by atomic mass is 10.1. The number of hydrogen-bond acceptors (Lipinski definition) is 4.